The predicted octanol–water partition coefficient (Wildman–Crippen LogP) is 5.97. The number of hydrogen-bond donors (Lipinski definition) is 1. The van der Waals surface area contributed by atoms with E-state index >= 15 is 0 Å². The lowest BCUT2D eigenvalue weighted by Gasteiger charge is -2.32. The van der Waals surface area contributed by atoms with Gasteiger partial charge in [-0.25, -0.2) is 0 Å². The fourth-order valence-corrected chi connectivity index (χ4v) is 3.34. The Labute approximate surface area is 168 Å². The molecule has 0 fully saturated rings. The van der Waals surface area contributed by atoms with Crippen LogP contribution in [0.15, 0.2) is 67.0 Å². The first-order valence-electron chi connectivity index (χ1n) is 8.99. The molecule has 8 heteroatoms. The van der Waals surface area contributed by atoms with Gasteiger partial charge in [0.25, 0.3) is 0 Å². The monoisotopic (exact) mass is 425 g/mol. The summed E-state index contributed by atoms with van der Waals surface area (Å²) in [5.41, 5.74) is -2.63. The van der Waals surface area contributed by atoms with Crippen molar-refractivity contribution in [2.24, 2.45) is 0 Å². The highest BCUT2D eigenvalue weighted by Crippen LogP contribution is 2.40. The third-order valence-electron chi connectivity index (χ3n) is 4.93. The van der Waals surface area contributed by atoms with Gasteiger partial charge in [0.2, 0.25) is 0 Å². The van der Waals surface area contributed by atoms with E-state index in [0.29, 0.717) is 17.5 Å². The number of aromatic nitrogens is 1. The van der Waals surface area contributed by atoms with E-state index in [2.05, 4.69) is 4.98 Å². The molecule has 0 bridgehead atoms. The minimum atomic E-state index is -4.56. The van der Waals surface area contributed by atoms with E-state index < -0.39 is 29.1 Å². The van der Waals surface area contributed by atoms with Gasteiger partial charge in [0.1, 0.15) is 5.60 Å². The lowest BCUT2D eigenvalue weighted by atomic mass is 9.78. The molecule has 0 unspecified atom stereocenters. The standard InChI is InChI=1S/C22H17F6NO/c1-2-14-13-29-12-11-19(14)20(30,15-3-7-17(8-4-15)21(23,24)25)16-5-9-18(10-6-16)22(26,27)28/h3-13,30H,2H2,1H3. The molecule has 0 spiro atoms. The van der Waals surface area contributed by atoms with Crippen molar-refractivity contribution in [3.8, 4) is 0 Å². The first-order valence-corrected chi connectivity index (χ1v) is 8.99. The lowest BCUT2D eigenvalue weighted by molar-refractivity contribution is -0.138. The molecule has 2 nitrogen and oxygen atoms in total. The molecule has 2 aromatic carbocycles. The van der Waals surface area contributed by atoms with E-state index in [1.54, 1.807) is 6.92 Å². The molecule has 0 atom stereocenters. The third-order valence-corrected chi connectivity index (χ3v) is 4.93. The minimum absolute atomic E-state index is 0.0937. The molecule has 0 aliphatic heterocycles. The van der Waals surface area contributed by atoms with Crippen LogP contribution in [0.2, 0.25) is 0 Å². The van der Waals surface area contributed by atoms with Crippen molar-refractivity contribution in [3.63, 3.8) is 0 Å². The van der Waals surface area contributed by atoms with E-state index in [1.165, 1.54) is 18.5 Å². The van der Waals surface area contributed by atoms with Crippen molar-refractivity contribution in [2.45, 2.75) is 31.3 Å². The number of aryl methyl sites for hydroxylation is 1. The summed E-state index contributed by atoms with van der Waals surface area (Å²) in [4.78, 5) is 4.00. The maximum absolute atomic E-state index is 13.0. The van der Waals surface area contributed by atoms with Crippen molar-refractivity contribution in [2.75, 3.05) is 0 Å². The number of hydrogen-bond acceptors (Lipinski definition) is 2. The molecule has 0 saturated heterocycles. The Balaban J connectivity index is 2.22. The summed E-state index contributed by atoms with van der Waals surface area (Å²) >= 11 is 0. The summed E-state index contributed by atoms with van der Waals surface area (Å²) in [7, 11) is 0. The highest BCUT2D eigenvalue weighted by atomic mass is 19.4. The van der Waals surface area contributed by atoms with E-state index in [-0.39, 0.29) is 11.1 Å². The Kier molecular flexibility index (Phi) is 5.64. The molecule has 0 aliphatic carbocycles. The molecule has 3 rings (SSSR count). The van der Waals surface area contributed by atoms with Gasteiger partial charge in [-0.1, -0.05) is 31.2 Å². The SMILES string of the molecule is CCc1cnccc1C(O)(c1ccc(C(F)(F)F)cc1)c1ccc(C(F)(F)F)cc1. The largest absolute Gasteiger partial charge is 0.416 e. The van der Waals surface area contributed by atoms with Crippen molar-refractivity contribution >= 4 is 0 Å². The molecule has 3 aromatic rings. The Bertz CT molecular complexity index is 950. The first kappa shape index (κ1) is 21.8. The van der Waals surface area contributed by atoms with Gasteiger partial charge in [0, 0.05) is 12.4 Å². The normalized spacial score (nSPS) is 12.8. The summed E-state index contributed by atoms with van der Waals surface area (Å²) in [6.07, 6.45) is -5.75. The van der Waals surface area contributed by atoms with Gasteiger partial charge in [0.05, 0.1) is 11.1 Å². The fourth-order valence-electron chi connectivity index (χ4n) is 3.34. The number of nitrogens with zero attached hydrogens (tertiary/aromatic N) is 1. The van der Waals surface area contributed by atoms with Crippen molar-refractivity contribution < 1.29 is 31.4 Å². The van der Waals surface area contributed by atoms with Crippen molar-refractivity contribution in [3.05, 3.63) is 100 Å². The van der Waals surface area contributed by atoms with Gasteiger partial charge in [-0.15, -0.1) is 0 Å². The van der Waals surface area contributed by atoms with E-state index in [0.717, 1.165) is 48.5 Å². The molecule has 0 amide bonds. The van der Waals surface area contributed by atoms with Crippen LogP contribution in [0.1, 0.15) is 40.3 Å². The van der Waals surface area contributed by atoms with Crippen LogP contribution in [0.3, 0.4) is 0 Å². The molecule has 158 valence electrons. The van der Waals surface area contributed by atoms with Gasteiger partial charge in [-0.05, 0) is 59.0 Å². The average molecular weight is 425 g/mol. The molecule has 0 saturated carbocycles. The number of aliphatic hydroxyl groups is 1. The van der Waals surface area contributed by atoms with Gasteiger partial charge in [0.15, 0.2) is 0 Å². The topological polar surface area (TPSA) is 33.1 Å². The summed E-state index contributed by atoms with van der Waals surface area (Å²) in [5, 5.41) is 11.7. The van der Waals surface area contributed by atoms with Gasteiger partial charge < -0.3 is 5.11 Å². The molecule has 1 N–H and O–H groups in total. The van der Waals surface area contributed by atoms with Crippen LogP contribution >= 0.6 is 0 Å². The summed E-state index contributed by atoms with van der Waals surface area (Å²) in [6.45, 7) is 1.81. The predicted molar refractivity (Wildman–Crippen MR) is 98.6 cm³/mol. The fraction of sp³-hybridized carbons (Fsp3) is 0.227. The highest BCUT2D eigenvalue weighted by molar-refractivity contribution is 5.50. The number of alkyl halides is 6. The molecule has 0 aliphatic rings. The van der Waals surface area contributed by atoms with Crippen LogP contribution in [-0.4, -0.2) is 10.1 Å². The minimum Gasteiger partial charge on any atom is -0.376 e. The number of pyridine rings is 1. The zero-order valence-corrected chi connectivity index (χ0v) is 15.7. The van der Waals surface area contributed by atoms with Gasteiger partial charge in [-0.3, -0.25) is 4.98 Å². The summed E-state index contributed by atoms with van der Waals surface area (Å²) in [5.74, 6) is 0. The molecule has 30 heavy (non-hydrogen) atoms. The Hall–Kier alpha value is -2.87. The Morgan fingerprint density at radius 3 is 1.47 bits per heavy atom. The zero-order chi connectivity index (χ0) is 22.2. The van der Waals surface area contributed by atoms with Crippen molar-refractivity contribution in [1.82, 2.24) is 4.98 Å². The van der Waals surface area contributed by atoms with Crippen LogP contribution < -0.4 is 0 Å². The third kappa shape index (κ3) is 4.05. The van der Waals surface area contributed by atoms with Crippen LogP contribution in [-0.2, 0) is 24.4 Å². The quantitative estimate of drug-likeness (QED) is 0.523. The lowest BCUT2D eigenvalue weighted by Crippen LogP contribution is -2.30. The van der Waals surface area contributed by atoms with E-state index in [1.807, 2.05) is 0 Å². The first-order chi connectivity index (χ1) is 14.0. The second-order valence-corrected chi connectivity index (χ2v) is 6.75. The molecule has 0 radical (unpaired) electrons. The number of benzene rings is 2. The van der Waals surface area contributed by atoms with E-state index in [4.69, 9.17) is 0 Å². The molecule has 1 aromatic heterocycles. The summed E-state index contributed by atoms with van der Waals surface area (Å²) in [6, 6.07) is 9.33. The zero-order valence-electron chi connectivity index (χ0n) is 15.7. The Morgan fingerprint density at radius 2 is 1.10 bits per heavy atom. The molecule has 1 heterocycles. The highest BCUT2D eigenvalue weighted by Gasteiger charge is 2.38. The Morgan fingerprint density at radius 1 is 0.700 bits per heavy atom. The summed E-state index contributed by atoms with van der Waals surface area (Å²) < 4.78 is 77.8. The van der Waals surface area contributed by atoms with Gasteiger partial charge >= 0.3 is 12.4 Å². The molecular weight excluding hydrogens is 408 g/mol. The van der Waals surface area contributed by atoms with Crippen LogP contribution in [0.4, 0.5) is 26.3 Å². The maximum Gasteiger partial charge on any atom is 0.416 e. The van der Waals surface area contributed by atoms with Gasteiger partial charge in [-0.2, -0.15) is 26.3 Å². The van der Waals surface area contributed by atoms with Crippen molar-refractivity contribution in [1.29, 1.82) is 0 Å². The molecular formula is C22H17F6NO. The van der Waals surface area contributed by atoms with Crippen LogP contribution in [0, 0.1) is 0 Å². The van der Waals surface area contributed by atoms with E-state index in [9.17, 15) is 31.4 Å². The van der Waals surface area contributed by atoms with Crippen LogP contribution in [0.5, 0.6) is 0 Å². The number of halogens is 6. The average Bonchev–Trinajstić information content (AvgIpc) is 2.72. The van der Waals surface area contributed by atoms with Crippen LogP contribution in [0.25, 0.3) is 0 Å². The second kappa shape index (κ2) is 7.75. The smallest absolute Gasteiger partial charge is 0.376 e. The number of rotatable bonds is 4. The second-order valence-electron chi connectivity index (χ2n) is 6.75. The maximum atomic E-state index is 13.0.